The lowest BCUT2D eigenvalue weighted by Gasteiger charge is -2.31. The average molecular weight is 573 g/mol. The molecule has 41 heavy (non-hydrogen) atoms. The Hall–Kier alpha value is -3.42. The first-order chi connectivity index (χ1) is 19.7. The highest BCUT2D eigenvalue weighted by Crippen LogP contribution is 2.29. The van der Waals surface area contributed by atoms with Gasteiger partial charge >= 0.3 is 5.69 Å². The molecule has 1 aliphatic heterocycles. The number of hydrogen-bond acceptors (Lipinski definition) is 4. The van der Waals surface area contributed by atoms with Crippen molar-refractivity contribution in [2.75, 3.05) is 6.54 Å². The average Bonchev–Trinajstić information content (AvgIpc) is 3.35. The van der Waals surface area contributed by atoms with Crippen molar-refractivity contribution >= 4 is 28.5 Å². The molecule has 216 valence electrons. The SMILES string of the molecule is CC(N)=NCC[C@@H]1CCC[C@@H](c2ccc(-n3cc4cc(-c5cc(Cl)cc(CCCC(C)C)c5)[nH]c4nc3=O)cc2)N1. The first-order valence-corrected chi connectivity index (χ1v) is 15.2. The van der Waals surface area contributed by atoms with Crippen molar-refractivity contribution in [2.45, 2.75) is 77.8 Å². The molecule has 0 amide bonds. The number of H-pyrrole nitrogens is 1. The Kier molecular flexibility index (Phi) is 9.25. The van der Waals surface area contributed by atoms with Crippen molar-refractivity contribution in [3.8, 4) is 16.9 Å². The molecule has 0 bridgehead atoms. The molecule has 0 unspecified atom stereocenters. The molecule has 2 aromatic carbocycles. The van der Waals surface area contributed by atoms with Crippen LogP contribution in [0.4, 0.5) is 0 Å². The lowest BCUT2D eigenvalue weighted by atomic mass is 9.92. The molecule has 0 radical (unpaired) electrons. The molecule has 0 spiro atoms. The second-order valence-corrected chi connectivity index (χ2v) is 12.2. The van der Waals surface area contributed by atoms with Gasteiger partial charge in [0.15, 0.2) is 0 Å². The number of rotatable bonds is 10. The Balaban J connectivity index is 1.33. The van der Waals surface area contributed by atoms with Gasteiger partial charge < -0.3 is 16.0 Å². The summed E-state index contributed by atoms with van der Waals surface area (Å²) in [5, 5.41) is 5.36. The lowest BCUT2D eigenvalue weighted by molar-refractivity contribution is 0.315. The molecule has 5 rings (SSSR count). The van der Waals surface area contributed by atoms with E-state index in [9.17, 15) is 4.79 Å². The third-order valence-electron chi connectivity index (χ3n) is 7.92. The number of nitrogens with two attached hydrogens (primary N) is 1. The van der Waals surface area contributed by atoms with Crippen molar-refractivity contribution in [2.24, 2.45) is 16.6 Å². The molecule has 1 fully saturated rings. The number of aromatic amines is 1. The molecule has 7 nitrogen and oxygen atoms in total. The molecule has 4 aromatic rings. The Morgan fingerprint density at radius 2 is 1.98 bits per heavy atom. The van der Waals surface area contributed by atoms with E-state index in [1.807, 2.05) is 43.5 Å². The van der Waals surface area contributed by atoms with E-state index >= 15 is 0 Å². The minimum atomic E-state index is -0.314. The maximum atomic E-state index is 13.0. The van der Waals surface area contributed by atoms with Crippen LogP contribution in [-0.2, 0) is 6.42 Å². The zero-order valence-electron chi connectivity index (χ0n) is 24.3. The second kappa shape index (κ2) is 13.0. The number of aryl methyl sites for hydroxylation is 1. The second-order valence-electron chi connectivity index (χ2n) is 11.8. The predicted octanol–water partition coefficient (Wildman–Crippen LogP) is 6.96. The van der Waals surface area contributed by atoms with Gasteiger partial charge in [0, 0.05) is 40.9 Å². The summed E-state index contributed by atoms with van der Waals surface area (Å²) < 4.78 is 1.61. The van der Waals surface area contributed by atoms with Gasteiger partial charge in [-0.25, -0.2) is 4.79 Å². The highest BCUT2D eigenvalue weighted by atomic mass is 35.5. The number of amidine groups is 1. The number of aromatic nitrogens is 3. The summed E-state index contributed by atoms with van der Waals surface area (Å²) in [7, 11) is 0. The quantitative estimate of drug-likeness (QED) is 0.141. The number of benzene rings is 2. The van der Waals surface area contributed by atoms with Crippen molar-refractivity contribution in [1.29, 1.82) is 0 Å². The summed E-state index contributed by atoms with van der Waals surface area (Å²) >= 11 is 6.48. The van der Waals surface area contributed by atoms with Crippen LogP contribution in [0, 0.1) is 5.92 Å². The standard InChI is InChI=1S/C33H41ClN6O/c1-21(2)6-4-7-23-16-25(18-27(34)17-23)31-19-26-20-40(33(41)39-32(26)38-31)29-12-10-24(11-13-29)30-9-5-8-28(37-30)14-15-36-22(3)35/h10-13,16-21,28,30,37H,4-9,14-15H2,1-3H3,(H2,35,36)(H,38,39,41)/t28-,30-/m0/s1. The van der Waals surface area contributed by atoms with Gasteiger partial charge in [0.25, 0.3) is 0 Å². The van der Waals surface area contributed by atoms with Crippen molar-refractivity contribution in [1.82, 2.24) is 19.9 Å². The van der Waals surface area contributed by atoms with Crippen molar-refractivity contribution < 1.29 is 0 Å². The van der Waals surface area contributed by atoms with Crippen LogP contribution in [0.5, 0.6) is 0 Å². The van der Waals surface area contributed by atoms with Crippen LogP contribution in [0.1, 0.15) is 76.5 Å². The number of halogens is 1. The van der Waals surface area contributed by atoms with E-state index in [1.165, 1.54) is 24.0 Å². The van der Waals surface area contributed by atoms with Crippen molar-refractivity contribution in [3.05, 3.63) is 81.4 Å². The molecule has 1 aliphatic rings. The summed E-state index contributed by atoms with van der Waals surface area (Å²) in [6.07, 6.45) is 9.58. The number of nitrogens with zero attached hydrogens (tertiary/aromatic N) is 3. The molecule has 3 heterocycles. The zero-order valence-corrected chi connectivity index (χ0v) is 25.0. The first kappa shape index (κ1) is 29.1. The van der Waals surface area contributed by atoms with Crippen LogP contribution in [0.15, 0.2) is 64.5 Å². The normalized spacial score (nSPS) is 17.9. The monoisotopic (exact) mass is 572 g/mol. The van der Waals surface area contributed by atoms with E-state index in [0.717, 1.165) is 61.0 Å². The topological polar surface area (TPSA) is 101 Å². The molecule has 4 N–H and O–H groups in total. The maximum absolute atomic E-state index is 13.0. The molecular formula is C33H41ClN6O. The number of aliphatic imine (C=N–C) groups is 1. The molecule has 2 atom stereocenters. The van der Waals surface area contributed by atoms with E-state index in [4.69, 9.17) is 17.3 Å². The van der Waals surface area contributed by atoms with Gasteiger partial charge in [-0.2, -0.15) is 4.98 Å². The Morgan fingerprint density at radius 1 is 1.17 bits per heavy atom. The number of piperidine rings is 1. The van der Waals surface area contributed by atoms with E-state index < -0.39 is 0 Å². The van der Waals surface area contributed by atoms with Crippen LogP contribution in [0.3, 0.4) is 0 Å². The van der Waals surface area contributed by atoms with Crippen LogP contribution < -0.4 is 16.7 Å². The third kappa shape index (κ3) is 7.46. The van der Waals surface area contributed by atoms with Crippen LogP contribution in [0.25, 0.3) is 28.0 Å². The molecule has 0 aliphatic carbocycles. The predicted molar refractivity (Wildman–Crippen MR) is 170 cm³/mol. The number of hydrogen-bond donors (Lipinski definition) is 3. The van der Waals surface area contributed by atoms with Crippen LogP contribution in [-0.4, -0.2) is 33.0 Å². The third-order valence-corrected chi connectivity index (χ3v) is 8.14. The zero-order chi connectivity index (χ0) is 28.9. The highest BCUT2D eigenvalue weighted by Gasteiger charge is 2.22. The van der Waals surface area contributed by atoms with Crippen LogP contribution >= 0.6 is 11.6 Å². The lowest BCUT2D eigenvalue weighted by Crippen LogP contribution is -2.37. The fourth-order valence-corrected chi connectivity index (χ4v) is 6.03. The Labute approximate surface area is 247 Å². The molecule has 8 heteroatoms. The van der Waals surface area contributed by atoms with E-state index in [-0.39, 0.29) is 5.69 Å². The largest absolute Gasteiger partial charge is 0.388 e. The van der Waals surface area contributed by atoms with Gasteiger partial charge in [-0.1, -0.05) is 50.4 Å². The van der Waals surface area contributed by atoms with Gasteiger partial charge in [-0.15, -0.1) is 0 Å². The van der Waals surface area contributed by atoms with Gasteiger partial charge in [-0.05, 0) is 98.0 Å². The van der Waals surface area contributed by atoms with Gasteiger partial charge in [0.05, 0.1) is 11.5 Å². The molecular weight excluding hydrogens is 532 g/mol. The fraction of sp³-hybridized carbons (Fsp3) is 0.424. The Bertz CT molecular complexity index is 1570. The fourth-order valence-electron chi connectivity index (χ4n) is 5.77. The summed E-state index contributed by atoms with van der Waals surface area (Å²) in [6.45, 7) is 7.08. The molecule has 0 saturated carbocycles. The minimum Gasteiger partial charge on any atom is -0.388 e. The molecule has 2 aromatic heterocycles. The first-order valence-electron chi connectivity index (χ1n) is 14.8. The number of fused-ring (bicyclic) bond motifs is 1. The van der Waals surface area contributed by atoms with Gasteiger partial charge in [0.2, 0.25) is 0 Å². The van der Waals surface area contributed by atoms with Gasteiger partial charge in [-0.3, -0.25) is 9.56 Å². The van der Waals surface area contributed by atoms with Gasteiger partial charge in [0.1, 0.15) is 5.65 Å². The van der Waals surface area contributed by atoms with E-state index in [2.05, 4.69) is 52.3 Å². The molecule has 1 saturated heterocycles. The van der Waals surface area contributed by atoms with E-state index in [1.54, 1.807) is 4.57 Å². The summed E-state index contributed by atoms with van der Waals surface area (Å²) in [4.78, 5) is 25.1. The van der Waals surface area contributed by atoms with Crippen molar-refractivity contribution in [3.63, 3.8) is 0 Å². The Morgan fingerprint density at radius 3 is 2.73 bits per heavy atom. The van der Waals surface area contributed by atoms with E-state index in [0.29, 0.717) is 34.5 Å². The van der Waals surface area contributed by atoms with Crippen LogP contribution in [0.2, 0.25) is 5.02 Å². The maximum Gasteiger partial charge on any atom is 0.354 e. The summed E-state index contributed by atoms with van der Waals surface area (Å²) in [6, 6.07) is 17.2. The smallest absolute Gasteiger partial charge is 0.354 e. The highest BCUT2D eigenvalue weighted by molar-refractivity contribution is 6.31. The summed E-state index contributed by atoms with van der Waals surface area (Å²) in [5.41, 5.74) is 11.1. The number of nitrogens with one attached hydrogen (secondary N) is 2. The summed E-state index contributed by atoms with van der Waals surface area (Å²) in [5.74, 6) is 1.32. The minimum absolute atomic E-state index is 0.295.